The molecule has 1 amide bonds. The van der Waals surface area contributed by atoms with Gasteiger partial charge in [0.25, 0.3) is 5.91 Å². The Labute approximate surface area is 205 Å². The number of para-hydroxylation sites is 1. The van der Waals surface area contributed by atoms with Gasteiger partial charge in [-0.05, 0) is 23.3 Å². The highest BCUT2D eigenvalue weighted by atomic mass is 19.4. The molecule has 6 nitrogen and oxygen atoms in total. The minimum atomic E-state index is -4.87. The van der Waals surface area contributed by atoms with E-state index in [0.29, 0.717) is 10.2 Å². The highest BCUT2D eigenvalue weighted by Crippen LogP contribution is 2.33. The zero-order valence-corrected chi connectivity index (χ0v) is 19.0. The van der Waals surface area contributed by atoms with Crippen LogP contribution in [0.3, 0.4) is 0 Å². The van der Waals surface area contributed by atoms with E-state index in [-0.39, 0.29) is 18.7 Å². The zero-order chi connectivity index (χ0) is 25.5. The minimum absolute atomic E-state index is 0.0361. The van der Waals surface area contributed by atoms with Crippen LogP contribution >= 0.6 is 0 Å². The van der Waals surface area contributed by atoms with Crippen LogP contribution in [0.25, 0.3) is 5.69 Å². The standard InChI is InChI=1S/C27H22F3N3O3/c28-27(29,30)24-22(17-31-33(24)21-14-8-3-9-15-21)25(34)32-23(16-19-10-4-1-5-11-19)26(35)36-18-20-12-6-2-7-13-20/h1-15,17,23H,16,18H2,(H,32,34). The van der Waals surface area contributed by atoms with Crippen molar-refractivity contribution in [1.82, 2.24) is 15.1 Å². The maximum atomic E-state index is 14.0. The van der Waals surface area contributed by atoms with Crippen LogP contribution in [0.2, 0.25) is 0 Å². The monoisotopic (exact) mass is 493 g/mol. The van der Waals surface area contributed by atoms with E-state index in [1.807, 2.05) is 6.07 Å². The van der Waals surface area contributed by atoms with E-state index in [1.54, 1.807) is 72.8 Å². The molecule has 1 unspecified atom stereocenters. The highest BCUT2D eigenvalue weighted by molar-refractivity contribution is 5.98. The Bertz CT molecular complexity index is 1310. The number of alkyl halides is 3. The molecular weight excluding hydrogens is 471 g/mol. The van der Waals surface area contributed by atoms with E-state index < -0.39 is 35.4 Å². The van der Waals surface area contributed by atoms with Crippen molar-refractivity contribution in [2.45, 2.75) is 25.2 Å². The molecule has 0 saturated carbocycles. The van der Waals surface area contributed by atoms with Crippen molar-refractivity contribution in [2.75, 3.05) is 0 Å². The summed E-state index contributed by atoms with van der Waals surface area (Å²) in [6, 6.07) is 24.2. The number of carbonyl (C=O) groups is 2. The molecule has 0 aliphatic rings. The normalized spacial score (nSPS) is 12.1. The van der Waals surface area contributed by atoms with Crippen LogP contribution in [0.1, 0.15) is 27.2 Å². The summed E-state index contributed by atoms with van der Waals surface area (Å²) in [5.74, 6) is -1.85. The first-order valence-corrected chi connectivity index (χ1v) is 11.1. The maximum Gasteiger partial charge on any atom is 0.434 e. The number of ether oxygens (including phenoxy) is 1. The third kappa shape index (κ3) is 5.99. The molecule has 1 atom stereocenters. The first kappa shape index (κ1) is 24.7. The molecule has 4 aromatic rings. The van der Waals surface area contributed by atoms with Gasteiger partial charge in [-0.3, -0.25) is 4.79 Å². The second kappa shape index (κ2) is 10.9. The SMILES string of the molecule is O=C(NC(Cc1ccccc1)C(=O)OCc1ccccc1)c1cnn(-c2ccccc2)c1C(F)(F)F. The average Bonchev–Trinajstić information content (AvgIpc) is 3.35. The molecular formula is C27H22F3N3O3. The molecule has 0 saturated heterocycles. The van der Waals surface area contributed by atoms with Gasteiger partial charge in [0.15, 0.2) is 5.69 Å². The van der Waals surface area contributed by atoms with Crippen molar-refractivity contribution in [3.8, 4) is 5.69 Å². The van der Waals surface area contributed by atoms with Crippen molar-refractivity contribution in [3.63, 3.8) is 0 Å². The van der Waals surface area contributed by atoms with E-state index in [2.05, 4.69) is 10.4 Å². The molecule has 0 radical (unpaired) electrons. The Balaban J connectivity index is 1.60. The Kier molecular flexibility index (Phi) is 7.48. The summed E-state index contributed by atoms with van der Waals surface area (Å²) in [6.07, 6.45) is -3.99. The van der Waals surface area contributed by atoms with Gasteiger partial charge in [-0.1, -0.05) is 78.9 Å². The summed E-state index contributed by atoms with van der Waals surface area (Å²) in [5.41, 5.74) is -0.343. The Morgan fingerprint density at radius 1 is 0.861 bits per heavy atom. The quantitative estimate of drug-likeness (QED) is 0.352. The molecule has 0 spiro atoms. The van der Waals surface area contributed by atoms with Crippen LogP contribution in [-0.2, 0) is 28.7 Å². The summed E-state index contributed by atoms with van der Waals surface area (Å²) in [4.78, 5) is 26.0. The lowest BCUT2D eigenvalue weighted by Crippen LogP contribution is -2.43. The van der Waals surface area contributed by atoms with Gasteiger partial charge in [-0.25, -0.2) is 9.48 Å². The smallest absolute Gasteiger partial charge is 0.434 e. The van der Waals surface area contributed by atoms with Gasteiger partial charge in [-0.2, -0.15) is 18.3 Å². The van der Waals surface area contributed by atoms with E-state index in [9.17, 15) is 22.8 Å². The Hall–Kier alpha value is -4.40. The number of rotatable bonds is 8. The van der Waals surface area contributed by atoms with Gasteiger partial charge in [-0.15, -0.1) is 0 Å². The second-order valence-corrected chi connectivity index (χ2v) is 7.96. The molecule has 3 aromatic carbocycles. The number of nitrogens with one attached hydrogen (secondary N) is 1. The lowest BCUT2D eigenvalue weighted by molar-refractivity contribution is -0.147. The molecule has 4 rings (SSSR count). The molecule has 1 aromatic heterocycles. The summed E-state index contributed by atoms with van der Waals surface area (Å²) in [5, 5.41) is 6.23. The van der Waals surface area contributed by atoms with Gasteiger partial charge < -0.3 is 10.1 Å². The summed E-state index contributed by atoms with van der Waals surface area (Å²) in [6.45, 7) is -0.0411. The Morgan fingerprint density at radius 3 is 2.00 bits per heavy atom. The fraction of sp³-hybridized carbons (Fsp3) is 0.148. The lowest BCUT2D eigenvalue weighted by Gasteiger charge is -2.19. The predicted octanol–water partition coefficient (Wildman–Crippen LogP) is 4.98. The number of halogens is 3. The number of esters is 1. The van der Waals surface area contributed by atoms with E-state index in [0.717, 1.165) is 11.8 Å². The summed E-state index contributed by atoms with van der Waals surface area (Å²) >= 11 is 0. The van der Waals surface area contributed by atoms with Crippen LogP contribution in [0.5, 0.6) is 0 Å². The minimum Gasteiger partial charge on any atom is -0.459 e. The number of amides is 1. The van der Waals surface area contributed by atoms with Gasteiger partial charge >= 0.3 is 12.1 Å². The number of hydrogen-bond donors (Lipinski definition) is 1. The van der Waals surface area contributed by atoms with Crippen LogP contribution < -0.4 is 5.32 Å². The molecule has 0 fully saturated rings. The van der Waals surface area contributed by atoms with E-state index >= 15 is 0 Å². The van der Waals surface area contributed by atoms with Gasteiger partial charge in [0.2, 0.25) is 0 Å². The van der Waals surface area contributed by atoms with E-state index in [1.165, 1.54) is 12.1 Å². The van der Waals surface area contributed by atoms with Crippen molar-refractivity contribution in [2.24, 2.45) is 0 Å². The maximum absolute atomic E-state index is 14.0. The van der Waals surface area contributed by atoms with E-state index in [4.69, 9.17) is 4.74 Å². The molecule has 36 heavy (non-hydrogen) atoms. The van der Waals surface area contributed by atoms with Gasteiger partial charge in [0.05, 0.1) is 17.4 Å². The summed E-state index contributed by atoms with van der Waals surface area (Å²) < 4.78 is 48.1. The number of carbonyl (C=O) groups excluding carboxylic acids is 2. The van der Waals surface area contributed by atoms with Crippen molar-refractivity contribution in [3.05, 3.63) is 120 Å². The van der Waals surface area contributed by atoms with Crippen LogP contribution in [0.15, 0.2) is 97.2 Å². The number of hydrogen-bond acceptors (Lipinski definition) is 4. The molecule has 1 heterocycles. The van der Waals surface area contributed by atoms with Crippen LogP contribution in [-0.4, -0.2) is 27.7 Å². The van der Waals surface area contributed by atoms with Crippen LogP contribution in [0.4, 0.5) is 13.2 Å². The Morgan fingerprint density at radius 2 is 1.42 bits per heavy atom. The predicted molar refractivity (Wildman–Crippen MR) is 126 cm³/mol. The third-order valence-electron chi connectivity index (χ3n) is 5.38. The lowest BCUT2D eigenvalue weighted by atomic mass is 10.1. The second-order valence-electron chi connectivity index (χ2n) is 7.96. The molecule has 0 aliphatic heterocycles. The van der Waals surface area contributed by atoms with Crippen molar-refractivity contribution in [1.29, 1.82) is 0 Å². The topological polar surface area (TPSA) is 73.2 Å². The van der Waals surface area contributed by atoms with Gasteiger partial charge in [0, 0.05) is 6.42 Å². The molecule has 0 aliphatic carbocycles. The third-order valence-corrected chi connectivity index (χ3v) is 5.38. The molecule has 9 heteroatoms. The first-order chi connectivity index (χ1) is 17.3. The largest absolute Gasteiger partial charge is 0.459 e. The molecule has 1 N–H and O–H groups in total. The first-order valence-electron chi connectivity index (χ1n) is 11.1. The molecule has 184 valence electrons. The number of benzene rings is 3. The van der Waals surface area contributed by atoms with Crippen LogP contribution in [0, 0.1) is 0 Å². The van der Waals surface area contributed by atoms with Gasteiger partial charge in [0.1, 0.15) is 12.6 Å². The summed E-state index contributed by atoms with van der Waals surface area (Å²) in [7, 11) is 0. The number of nitrogens with zero attached hydrogens (tertiary/aromatic N) is 2. The average molecular weight is 493 g/mol. The fourth-order valence-electron chi connectivity index (χ4n) is 3.66. The van der Waals surface area contributed by atoms with Crippen molar-refractivity contribution >= 4 is 11.9 Å². The highest BCUT2D eigenvalue weighted by Gasteiger charge is 2.41. The fourth-order valence-corrected chi connectivity index (χ4v) is 3.66. The zero-order valence-electron chi connectivity index (χ0n) is 19.0. The number of aromatic nitrogens is 2. The van der Waals surface area contributed by atoms with Crippen molar-refractivity contribution < 1.29 is 27.5 Å². The molecule has 0 bridgehead atoms.